The van der Waals surface area contributed by atoms with Gasteiger partial charge in [-0.15, -0.1) is 5.10 Å². The minimum atomic E-state index is -0.162. The summed E-state index contributed by atoms with van der Waals surface area (Å²) in [6.45, 7) is 4.16. The zero-order valence-corrected chi connectivity index (χ0v) is 15.3. The summed E-state index contributed by atoms with van der Waals surface area (Å²) in [5, 5.41) is 17.9. The molecule has 0 unspecified atom stereocenters. The van der Waals surface area contributed by atoms with Gasteiger partial charge in [-0.2, -0.15) is 0 Å². The van der Waals surface area contributed by atoms with E-state index in [9.17, 15) is 5.11 Å². The molecular formula is C20H25N5O. The summed E-state index contributed by atoms with van der Waals surface area (Å²) < 4.78 is 2.04. The molecule has 1 saturated carbocycles. The van der Waals surface area contributed by atoms with E-state index in [-0.39, 0.29) is 12.1 Å². The van der Waals surface area contributed by atoms with Crippen LogP contribution in [0, 0.1) is 0 Å². The van der Waals surface area contributed by atoms with Gasteiger partial charge in [0.2, 0.25) is 5.95 Å². The molecule has 6 heteroatoms. The largest absolute Gasteiger partial charge is 0.393 e. The molecule has 0 amide bonds. The molecule has 3 heterocycles. The zero-order valence-electron chi connectivity index (χ0n) is 15.3. The smallest absolute Gasteiger partial charge is 0.241 e. The van der Waals surface area contributed by atoms with Gasteiger partial charge in [0.05, 0.1) is 17.8 Å². The minimum Gasteiger partial charge on any atom is -0.393 e. The number of fused-ring (bicyclic) bond motifs is 1. The number of nitrogens with zero attached hydrogens (tertiary/aromatic N) is 4. The predicted octanol–water partition coefficient (Wildman–Crippen LogP) is 3.63. The van der Waals surface area contributed by atoms with Gasteiger partial charge in [-0.05, 0) is 63.3 Å². The standard InChI is InChI=1S/C20H25N5O/c1-13(2)23-20-22-12-19-17(14-7-9-21-10-8-14)11-18(25(19)24-20)15-3-5-16(26)6-4-15/h7-13,15-16,26H,3-6H2,1-2H3,(H,23,24)/t15-,16-. The van der Waals surface area contributed by atoms with Crippen LogP contribution in [0.15, 0.2) is 36.8 Å². The fourth-order valence-corrected chi connectivity index (χ4v) is 3.76. The number of rotatable bonds is 4. The van der Waals surface area contributed by atoms with Crippen LogP contribution in [0.1, 0.15) is 51.1 Å². The van der Waals surface area contributed by atoms with E-state index in [0.717, 1.165) is 42.3 Å². The van der Waals surface area contributed by atoms with E-state index in [4.69, 9.17) is 5.10 Å². The lowest BCUT2D eigenvalue weighted by molar-refractivity contribution is 0.121. The summed E-state index contributed by atoms with van der Waals surface area (Å²) in [7, 11) is 0. The van der Waals surface area contributed by atoms with Gasteiger partial charge in [0.15, 0.2) is 0 Å². The monoisotopic (exact) mass is 351 g/mol. The lowest BCUT2D eigenvalue weighted by Gasteiger charge is -2.25. The molecule has 1 aliphatic carbocycles. The van der Waals surface area contributed by atoms with Gasteiger partial charge >= 0.3 is 0 Å². The Hall–Kier alpha value is -2.47. The minimum absolute atomic E-state index is 0.162. The highest BCUT2D eigenvalue weighted by molar-refractivity contribution is 5.81. The van der Waals surface area contributed by atoms with E-state index in [1.807, 2.05) is 35.2 Å². The molecule has 0 aromatic carbocycles. The first-order valence-corrected chi connectivity index (χ1v) is 9.35. The molecule has 2 N–H and O–H groups in total. The van der Waals surface area contributed by atoms with Crippen LogP contribution in [0.2, 0.25) is 0 Å². The maximum absolute atomic E-state index is 9.86. The van der Waals surface area contributed by atoms with Gasteiger partial charge in [0.25, 0.3) is 0 Å². The first-order valence-electron chi connectivity index (χ1n) is 9.35. The van der Waals surface area contributed by atoms with Gasteiger partial charge in [0, 0.05) is 35.6 Å². The number of anilines is 1. The average molecular weight is 351 g/mol. The molecule has 1 aliphatic rings. The Labute approximate surface area is 153 Å². The summed E-state index contributed by atoms with van der Waals surface area (Å²) in [5.74, 6) is 1.05. The van der Waals surface area contributed by atoms with Crippen molar-refractivity contribution in [2.75, 3.05) is 5.32 Å². The first-order chi connectivity index (χ1) is 12.6. The molecule has 1 fully saturated rings. The third-order valence-corrected chi connectivity index (χ3v) is 5.07. The second-order valence-corrected chi connectivity index (χ2v) is 7.40. The maximum Gasteiger partial charge on any atom is 0.241 e. The lowest BCUT2D eigenvalue weighted by atomic mass is 9.85. The second kappa shape index (κ2) is 7.03. The van der Waals surface area contributed by atoms with E-state index < -0.39 is 0 Å². The highest BCUT2D eigenvalue weighted by Crippen LogP contribution is 2.37. The fraction of sp³-hybridized carbons (Fsp3) is 0.450. The van der Waals surface area contributed by atoms with Gasteiger partial charge in [-0.3, -0.25) is 4.98 Å². The number of nitrogens with one attached hydrogen (secondary N) is 1. The van der Waals surface area contributed by atoms with Gasteiger partial charge in [0.1, 0.15) is 0 Å². The number of aromatic nitrogens is 4. The maximum atomic E-state index is 9.86. The summed E-state index contributed by atoms with van der Waals surface area (Å²) >= 11 is 0. The molecule has 0 atom stereocenters. The Morgan fingerprint density at radius 1 is 1.15 bits per heavy atom. The lowest BCUT2D eigenvalue weighted by Crippen LogP contribution is -2.19. The zero-order chi connectivity index (χ0) is 18.1. The van der Waals surface area contributed by atoms with Crippen molar-refractivity contribution in [3.8, 4) is 11.1 Å². The van der Waals surface area contributed by atoms with Crippen molar-refractivity contribution < 1.29 is 5.11 Å². The summed E-state index contributed by atoms with van der Waals surface area (Å²) in [5.41, 5.74) is 4.46. The van der Waals surface area contributed by atoms with Crippen LogP contribution in [-0.2, 0) is 0 Å². The van der Waals surface area contributed by atoms with Gasteiger partial charge in [-0.25, -0.2) is 9.50 Å². The topological polar surface area (TPSA) is 75.3 Å². The van der Waals surface area contributed by atoms with Crippen LogP contribution in [-0.4, -0.2) is 36.8 Å². The highest BCUT2D eigenvalue weighted by atomic mass is 16.3. The molecule has 136 valence electrons. The van der Waals surface area contributed by atoms with Crippen LogP contribution in [0.5, 0.6) is 0 Å². The Morgan fingerprint density at radius 3 is 2.58 bits per heavy atom. The van der Waals surface area contributed by atoms with Crippen molar-refractivity contribution in [1.29, 1.82) is 0 Å². The molecule has 3 aromatic rings. The summed E-state index contributed by atoms with van der Waals surface area (Å²) in [6.07, 6.45) is 9.03. The van der Waals surface area contributed by atoms with Crippen LogP contribution in [0.25, 0.3) is 16.6 Å². The number of aliphatic hydroxyl groups is 1. The molecule has 4 rings (SSSR count). The predicted molar refractivity (Wildman–Crippen MR) is 102 cm³/mol. The molecule has 0 bridgehead atoms. The molecule has 26 heavy (non-hydrogen) atoms. The number of pyridine rings is 1. The Bertz CT molecular complexity index is 882. The van der Waals surface area contributed by atoms with Crippen molar-refractivity contribution in [2.24, 2.45) is 0 Å². The van der Waals surface area contributed by atoms with Crippen molar-refractivity contribution >= 4 is 11.5 Å². The number of aliphatic hydroxyl groups excluding tert-OH is 1. The highest BCUT2D eigenvalue weighted by Gasteiger charge is 2.25. The van der Waals surface area contributed by atoms with Crippen LogP contribution in [0.4, 0.5) is 5.95 Å². The van der Waals surface area contributed by atoms with Crippen molar-refractivity contribution in [3.05, 3.63) is 42.5 Å². The first kappa shape index (κ1) is 17.0. The third-order valence-electron chi connectivity index (χ3n) is 5.07. The van der Waals surface area contributed by atoms with Crippen molar-refractivity contribution in [3.63, 3.8) is 0 Å². The molecule has 6 nitrogen and oxygen atoms in total. The summed E-state index contributed by atoms with van der Waals surface area (Å²) in [6, 6.07) is 6.55. The van der Waals surface area contributed by atoms with E-state index in [1.54, 1.807) is 0 Å². The summed E-state index contributed by atoms with van der Waals surface area (Å²) in [4.78, 5) is 8.63. The average Bonchev–Trinajstić information content (AvgIpc) is 3.01. The van der Waals surface area contributed by atoms with Crippen LogP contribution in [0.3, 0.4) is 0 Å². The molecular weight excluding hydrogens is 326 g/mol. The van der Waals surface area contributed by atoms with Crippen molar-refractivity contribution in [2.45, 2.75) is 57.6 Å². The normalized spacial score (nSPS) is 20.6. The van der Waals surface area contributed by atoms with E-state index in [0.29, 0.717) is 11.9 Å². The van der Waals surface area contributed by atoms with Gasteiger partial charge < -0.3 is 10.4 Å². The van der Waals surface area contributed by atoms with E-state index in [1.165, 1.54) is 5.69 Å². The van der Waals surface area contributed by atoms with Gasteiger partial charge in [-0.1, -0.05) is 0 Å². The molecule has 0 radical (unpaired) electrons. The fourth-order valence-electron chi connectivity index (χ4n) is 3.76. The molecule has 0 spiro atoms. The second-order valence-electron chi connectivity index (χ2n) is 7.40. The quantitative estimate of drug-likeness (QED) is 0.751. The molecule has 0 saturated heterocycles. The third kappa shape index (κ3) is 3.29. The Kier molecular flexibility index (Phi) is 4.59. The SMILES string of the molecule is CC(C)Nc1ncc2c(-c3ccncc3)cc([C@H]3CC[C@H](O)CC3)n2n1. The molecule has 3 aromatic heterocycles. The Morgan fingerprint density at radius 2 is 1.88 bits per heavy atom. The van der Waals surface area contributed by atoms with Crippen LogP contribution < -0.4 is 5.32 Å². The molecule has 0 aliphatic heterocycles. The van der Waals surface area contributed by atoms with E-state index >= 15 is 0 Å². The number of hydrogen-bond acceptors (Lipinski definition) is 5. The van der Waals surface area contributed by atoms with E-state index in [2.05, 4.69) is 35.2 Å². The Balaban J connectivity index is 1.82. The number of hydrogen-bond donors (Lipinski definition) is 2. The van der Waals surface area contributed by atoms with Crippen molar-refractivity contribution in [1.82, 2.24) is 19.6 Å². The van der Waals surface area contributed by atoms with Crippen LogP contribution >= 0.6 is 0 Å².